The monoisotopic (exact) mass is 578 g/mol. The van der Waals surface area contributed by atoms with Crippen molar-refractivity contribution in [1.29, 1.82) is 0 Å². The molecule has 10 heteroatoms. The highest BCUT2D eigenvalue weighted by Crippen LogP contribution is 2.39. The Morgan fingerprint density at radius 1 is 1.10 bits per heavy atom. The number of hydrogen-bond acceptors (Lipinski definition) is 7. The molecule has 0 spiro atoms. The van der Waals surface area contributed by atoms with E-state index >= 15 is 0 Å². The lowest BCUT2D eigenvalue weighted by atomic mass is 9.90. The Morgan fingerprint density at radius 2 is 1.85 bits per heavy atom. The lowest BCUT2D eigenvalue weighted by Gasteiger charge is -2.36. The molecule has 3 aromatic heterocycles. The van der Waals surface area contributed by atoms with E-state index in [0.29, 0.717) is 30.2 Å². The second-order valence-corrected chi connectivity index (χ2v) is 12.6. The summed E-state index contributed by atoms with van der Waals surface area (Å²) in [6.45, 7) is 5.89. The van der Waals surface area contributed by atoms with Crippen molar-refractivity contribution in [3.63, 3.8) is 0 Å². The number of aryl methyl sites for hydroxylation is 1. The zero-order valence-electron chi connectivity index (χ0n) is 23.7. The smallest absolute Gasteiger partial charge is 0.261 e. The molecule has 0 radical (unpaired) electrons. The molecule has 1 saturated heterocycles. The number of allylic oxidation sites excluding steroid dienone is 1. The number of morpholine rings is 1. The Labute approximate surface area is 242 Å². The molecular formula is C31H38N4O5S. The van der Waals surface area contributed by atoms with Gasteiger partial charge in [0, 0.05) is 55.9 Å². The van der Waals surface area contributed by atoms with E-state index < -0.39 is 10.1 Å². The molecule has 6 rings (SSSR count). The fraction of sp³-hybridized carbons (Fsp3) is 0.452. The van der Waals surface area contributed by atoms with E-state index in [1.165, 1.54) is 30.4 Å². The van der Waals surface area contributed by atoms with E-state index in [1.54, 1.807) is 0 Å². The molecule has 3 aliphatic rings. The molecule has 3 aromatic rings. The number of ketones is 1. The molecule has 1 saturated carbocycles. The van der Waals surface area contributed by atoms with Crippen molar-refractivity contribution in [2.75, 3.05) is 32.6 Å². The number of Topliss-reactive ketones (excluding diaryl/α,β-unsaturated/α-hetero) is 1. The molecule has 1 atom stereocenters. The van der Waals surface area contributed by atoms with E-state index in [4.69, 9.17) is 14.3 Å². The van der Waals surface area contributed by atoms with Crippen molar-refractivity contribution < 1.29 is 22.5 Å². The van der Waals surface area contributed by atoms with Gasteiger partial charge in [-0.15, -0.1) is 0 Å². The maximum absolute atomic E-state index is 13.0. The van der Waals surface area contributed by atoms with Gasteiger partial charge in [0.1, 0.15) is 5.82 Å². The summed E-state index contributed by atoms with van der Waals surface area (Å²) in [6.07, 6.45) is 16.9. The van der Waals surface area contributed by atoms with Gasteiger partial charge in [0.15, 0.2) is 5.78 Å². The van der Waals surface area contributed by atoms with Crippen LogP contribution in [0.3, 0.4) is 0 Å². The average molecular weight is 579 g/mol. The number of rotatable bonds is 7. The van der Waals surface area contributed by atoms with E-state index in [9.17, 15) is 13.2 Å². The highest BCUT2D eigenvalue weighted by molar-refractivity contribution is 7.85. The van der Waals surface area contributed by atoms with Crippen molar-refractivity contribution in [3.05, 3.63) is 83.1 Å². The number of nitrogens with zero attached hydrogens (tertiary/aromatic N) is 4. The summed E-state index contributed by atoms with van der Waals surface area (Å²) in [5, 5.41) is 0. The lowest BCUT2D eigenvalue weighted by molar-refractivity contribution is 0.0150. The summed E-state index contributed by atoms with van der Waals surface area (Å²) in [5.74, 6) is 1.64. The molecule has 1 aliphatic heterocycles. The number of carbonyl (C=O) groups excluding carboxylic acids is 1. The van der Waals surface area contributed by atoms with Crippen LogP contribution in [0.25, 0.3) is 11.4 Å². The number of hydrogen-bond donors (Lipinski definition) is 1. The van der Waals surface area contributed by atoms with Gasteiger partial charge in [-0.1, -0.05) is 18.2 Å². The standard InChI is InChI=1S/C30H34N4O2.CH4O3S/c1-21-16-22(18-32-30(21)24-4-7-27(8-5-24)33-12-14-36-15-13-33)17-28(35)26-10-11-34(20-26)29-9-6-25(19-31-29)23-2-3-23;1-5(2,3)4/h4,6,9-11,16,18-20,23,27H,2-3,5,7-8,12-15,17H2,1H3;1H3,(H,2,3,4). The van der Waals surface area contributed by atoms with Crippen molar-refractivity contribution in [2.45, 2.75) is 57.4 Å². The highest BCUT2D eigenvalue weighted by Gasteiger charge is 2.25. The van der Waals surface area contributed by atoms with Crippen LogP contribution >= 0.6 is 0 Å². The molecular weight excluding hydrogens is 540 g/mol. The Morgan fingerprint density at radius 3 is 2.46 bits per heavy atom. The Bertz CT molecular complexity index is 1500. The van der Waals surface area contributed by atoms with Crippen molar-refractivity contribution in [1.82, 2.24) is 19.4 Å². The van der Waals surface area contributed by atoms with Crippen LogP contribution in [0.1, 0.15) is 70.8 Å². The second-order valence-electron chi connectivity index (χ2n) is 11.2. The largest absolute Gasteiger partial charge is 0.379 e. The highest BCUT2D eigenvalue weighted by atomic mass is 32.2. The third-order valence-corrected chi connectivity index (χ3v) is 7.85. The Kier molecular flexibility index (Phi) is 9.13. The molecule has 4 heterocycles. The Balaban J connectivity index is 0.000000623. The van der Waals surface area contributed by atoms with Crippen molar-refractivity contribution in [3.8, 4) is 5.82 Å². The first-order valence-corrected chi connectivity index (χ1v) is 16.1. The van der Waals surface area contributed by atoms with Crippen LogP contribution in [0.4, 0.5) is 0 Å². The summed E-state index contributed by atoms with van der Waals surface area (Å²) in [7, 11) is -3.67. The fourth-order valence-electron chi connectivity index (χ4n) is 5.58. The molecule has 1 N–H and O–H groups in total. The van der Waals surface area contributed by atoms with E-state index in [1.807, 2.05) is 41.5 Å². The Hall–Kier alpha value is -3.18. The minimum atomic E-state index is -3.67. The predicted molar refractivity (Wildman–Crippen MR) is 158 cm³/mol. The van der Waals surface area contributed by atoms with E-state index in [2.05, 4.69) is 35.0 Å². The van der Waals surface area contributed by atoms with Gasteiger partial charge in [-0.05, 0) is 79.3 Å². The van der Waals surface area contributed by atoms with Gasteiger partial charge in [0.25, 0.3) is 10.1 Å². The summed E-state index contributed by atoms with van der Waals surface area (Å²) >= 11 is 0. The van der Waals surface area contributed by atoms with E-state index in [0.717, 1.165) is 61.8 Å². The molecule has 218 valence electrons. The SMILES string of the molecule is CS(=O)(=O)O.Cc1cc(CC(=O)c2ccn(-c3ccc(C4CC4)cn3)c2)cnc1C1=CCC(N2CCOCC2)CC1. The van der Waals surface area contributed by atoms with Gasteiger partial charge in [-0.3, -0.25) is 19.2 Å². The zero-order valence-corrected chi connectivity index (χ0v) is 24.5. The summed E-state index contributed by atoms with van der Waals surface area (Å²) in [5.41, 5.74) is 6.55. The molecule has 1 unspecified atom stereocenters. The quantitative estimate of drug-likeness (QED) is 0.318. The summed E-state index contributed by atoms with van der Waals surface area (Å²) in [4.78, 5) is 25.0. The van der Waals surface area contributed by atoms with Crippen molar-refractivity contribution >= 4 is 21.5 Å². The first kappa shape index (κ1) is 29.3. The maximum atomic E-state index is 13.0. The first-order valence-electron chi connectivity index (χ1n) is 14.2. The number of carbonyl (C=O) groups is 1. The normalized spacial score (nSPS) is 19.7. The van der Waals surface area contributed by atoms with Gasteiger partial charge < -0.3 is 9.30 Å². The van der Waals surface area contributed by atoms with Crippen LogP contribution in [-0.4, -0.2) is 76.8 Å². The van der Waals surface area contributed by atoms with Crippen LogP contribution in [0.2, 0.25) is 0 Å². The number of ether oxygens (including phenoxy) is 1. The third-order valence-electron chi connectivity index (χ3n) is 7.85. The van der Waals surface area contributed by atoms with Gasteiger partial charge in [0.05, 0.1) is 25.2 Å². The molecule has 9 nitrogen and oxygen atoms in total. The molecule has 41 heavy (non-hydrogen) atoms. The van der Waals surface area contributed by atoms with Gasteiger partial charge in [-0.25, -0.2) is 4.98 Å². The topological polar surface area (TPSA) is 115 Å². The number of aromatic nitrogens is 3. The summed E-state index contributed by atoms with van der Waals surface area (Å²) in [6, 6.07) is 8.82. The fourth-order valence-corrected chi connectivity index (χ4v) is 5.58. The van der Waals surface area contributed by atoms with Crippen LogP contribution in [0, 0.1) is 6.92 Å². The minimum Gasteiger partial charge on any atom is -0.379 e. The minimum absolute atomic E-state index is 0.0996. The van der Waals surface area contributed by atoms with Crippen LogP contribution in [0.5, 0.6) is 0 Å². The van der Waals surface area contributed by atoms with Crippen LogP contribution in [-0.2, 0) is 21.3 Å². The van der Waals surface area contributed by atoms with Gasteiger partial charge >= 0.3 is 0 Å². The lowest BCUT2D eigenvalue weighted by Crippen LogP contribution is -2.43. The van der Waals surface area contributed by atoms with E-state index in [-0.39, 0.29) is 5.78 Å². The average Bonchev–Trinajstić information content (AvgIpc) is 3.69. The van der Waals surface area contributed by atoms with Crippen molar-refractivity contribution in [2.24, 2.45) is 0 Å². The molecule has 2 fully saturated rings. The van der Waals surface area contributed by atoms with Gasteiger partial charge in [0.2, 0.25) is 0 Å². The predicted octanol–water partition coefficient (Wildman–Crippen LogP) is 4.65. The maximum Gasteiger partial charge on any atom is 0.261 e. The molecule has 0 aromatic carbocycles. The zero-order chi connectivity index (χ0) is 29.0. The van der Waals surface area contributed by atoms with Crippen LogP contribution < -0.4 is 0 Å². The van der Waals surface area contributed by atoms with Crippen LogP contribution in [0.15, 0.2) is 55.1 Å². The molecule has 0 amide bonds. The summed E-state index contributed by atoms with van der Waals surface area (Å²) < 4.78 is 33.3. The number of pyridine rings is 2. The molecule has 0 bridgehead atoms. The molecule has 2 aliphatic carbocycles. The first-order chi connectivity index (χ1) is 19.6. The van der Waals surface area contributed by atoms with Gasteiger partial charge in [-0.2, -0.15) is 8.42 Å². The third kappa shape index (κ3) is 8.19. The second kappa shape index (κ2) is 12.8.